The van der Waals surface area contributed by atoms with Crippen molar-refractivity contribution in [3.8, 4) is 0 Å². The Morgan fingerprint density at radius 3 is 2.56 bits per heavy atom. The number of carbonyl (C=O) groups excluding carboxylic acids is 1. The number of para-hydroxylation sites is 2. The average molecular weight is 248 g/mol. The van der Waals surface area contributed by atoms with E-state index < -0.39 is 0 Å². The van der Waals surface area contributed by atoms with Gasteiger partial charge >= 0.3 is 0 Å². The van der Waals surface area contributed by atoms with E-state index >= 15 is 0 Å². The third-order valence-corrected chi connectivity index (χ3v) is 3.29. The van der Waals surface area contributed by atoms with E-state index in [1.165, 1.54) is 0 Å². The molecule has 1 aliphatic rings. The SMILES string of the molecule is CCC(=O)N1CCN(c2ccccc2N[O-])CC1. The fraction of sp³-hybridized carbons (Fsp3) is 0.462. The van der Waals surface area contributed by atoms with Crippen molar-refractivity contribution >= 4 is 17.3 Å². The number of hydrogen-bond donors (Lipinski definition) is 1. The molecule has 0 saturated carbocycles. The van der Waals surface area contributed by atoms with Gasteiger partial charge in [-0.1, -0.05) is 19.1 Å². The number of amides is 1. The van der Waals surface area contributed by atoms with E-state index in [-0.39, 0.29) is 5.91 Å². The van der Waals surface area contributed by atoms with E-state index in [2.05, 4.69) is 4.90 Å². The number of carbonyl (C=O) groups is 1. The zero-order chi connectivity index (χ0) is 13.0. The van der Waals surface area contributed by atoms with Crippen molar-refractivity contribution in [3.63, 3.8) is 0 Å². The lowest BCUT2D eigenvalue weighted by Gasteiger charge is -2.37. The second-order valence-electron chi connectivity index (χ2n) is 4.34. The molecule has 0 spiro atoms. The van der Waals surface area contributed by atoms with Crippen LogP contribution in [0.25, 0.3) is 0 Å². The van der Waals surface area contributed by atoms with Crippen LogP contribution in [0.2, 0.25) is 0 Å². The van der Waals surface area contributed by atoms with Crippen molar-refractivity contribution in [3.05, 3.63) is 29.5 Å². The van der Waals surface area contributed by atoms with Crippen molar-refractivity contribution < 1.29 is 4.79 Å². The maximum atomic E-state index is 11.6. The summed E-state index contributed by atoms with van der Waals surface area (Å²) in [6.45, 7) is 4.86. The van der Waals surface area contributed by atoms with Gasteiger partial charge in [-0.25, -0.2) is 0 Å². The summed E-state index contributed by atoms with van der Waals surface area (Å²) in [4.78, 5) is 15.6. The quantitative estimate of drug-likeness (QED) is 0.826. The molecule has 1 heterocycles. The van der Waals surface area contributed by atoms with E-state index in [0.29, 0.717) is 12.1 Å². The summed E-state index contributed by atoms with van der Waals surface area (Å²) in [5.41, 5.74) is 3.47. The van der Waals surface area contributed by atoms with E-state index in [1.807, 2.05) is 35.5 Å². The molecular weight excluding hydrogens is 230 g/mol. The minimum Gasteiger partial charge on any atom is -0.761 e. The van der Waals surface area contributed by atoms with E-state index in [1.54, 1.807) is 6.07 Å². The topological polar surface area (TPSA) is 58.6 Å². The number of hydrogen-bond acceptors (Lipinski definition) is 4. The van der Waals surface area contributed by atoms with E-state index in [4.69, 9.17) is 0 Å². The Morgan fingerprint density at radius 1 is 1.28 bits per heavy atom. The summed E-state index contributed by atoms with van der Waals surface area (Å²) < 4.78 is 0. The summed E-state index contributed by atoms with van der Waals surface area (Å²) in [7, 11) is 0. The van der Waals surface area contributed by atoms with Crippen LogP contribution in [0.3, 0.4) is 0 Å². The number of piperazine rings is 1. The predicted molar refractivity (Wildman–Crippen MR) is 72.5 cm³/mol. The van der Waals surface area contributed by atoms with Crippen LogP contribution < -0.4 is 10.4 Å². The standard InChI is InChI=1S/C13H18N3O2/c1-2-13(17)16-9-7-15(8-10-16)12-6-4-3-5-11(12)14-18/h3-6,14H,2,7-10H2,1H3/q-1. The number of nitrogens with zero attached hydrogens (tertiary/aromatic N) is 2. The van der Waals surface area contributed by atoms with Crippen LogP contribution in [0.5, 0.6) is 0 Å². The van der Waals surface area contributed by atoms with Gasteiger partial charge in [0, 0.05) is 38.3 Å². The van der Waals surface area contributed by atoms with E-state index in [0.717, 1.165) is 31.9 Å². The van der Waals surface area contributed by atoms with Crippen LogP contribution in [0.1, 0.15) is 13.3 Å². The first-order valence-electron chi connectivity index (χ1n) is 6.26. The Balaban J connectivity index is 2.03. The molecule has 1 saturated heterocycles. The van der Waals surface area contributed by atoms with Gasteiger partial charge in [-0.15, -0.1) is 0 Å². The second kappa shape index (κ2) is 5.73. The molecule has 1 aromatic carbocycles. The number of rotatable bonds is 3. The van der Waals surface area contributed by atoms with Crippen molar-refractivity contribution in [2.24, 2.45) is 0 Å². The van der Waals surface area contributed by atoms with Crippen LogP contribution in [-0.4, -0.2) is 37.0 Å². The van der Waals surface area contributed by atoms with Crippen molar-refractivity contribution in [1.82, 2.24) is 4.90 Å². The van der Waals surface area contributed by atoms with Crippen LogP contribution in [0.15, 0.2) is 24.3 Å². The van der Waals surface area contributed by atoms with Crippen LogP contribution >= 0.6 is 0 Å². The van der Waals surface area contributed by atoms with Crippen molar-refractivity contribution in [1.29, 1.82) is 0 Å². The zero-order valence-corrected chi connectivity index (χ0v) is 10.6. The Hall–Kier alpha value is -1.75. The largest absolute Gasteiger partial charge is 0.761 e. The van der Waals surface area contributed by atoms with Gasteiger partial charge in [-0.05, 0) is 12.1 Å². The first-order chi connectivity index (χ1) is 8.76. The van der Waals surface area contributed by atoms with Crippen LogP contribution in [-0.2, 0) is 4.79 Å². The molecule has 1 fully saturated rings. The Labute approximate surface area is 107 Å². The molecule has 1 aliphatic heterocycles. The molecule has 0 radical (unpaired) electrons. The normalized spacial score (nSPS) is 15.7. The van der Waals surface area contributed by atoms with Gasteiger partial charge < -0.3 is 20.5 Å². The monoisotopic (exact) mass is 248 g/mol. The summed E-state index contributed by atoms with van der Waals surface area (Å²) in [5.74, 6) is 0.199. The first-order valence-corrected chi connectivity index (χ1v) is 6.26. The van der Waals surface area contributed by atoms with Gasteiger partial charge in [0.1, 0.15) is 0 Å². The molecule has 0 aromatic heterocycles. The van der Waals surface area contributed by atoms with Crippen LogP contribution in [0, 0.1) is 5.21 Å². The molecule has 18 heavy (non-hydrogen) atoms. The molecule has 1 amide bonds. The minimum atomic E-state index is 0.199. The lowest BCUT2D eigenvalue weighted by atomic mass is 10.2. The fourth-order valence-corrected chi connectivity index (χ4v) is 2.26. The highest BCUT2D eigenvalue weighted by Gasteiger charge is 2.20. The molecule has 0 bridgehead atoms. The maximum Gasteiger partial charge on any atom is 0.222 e. The molecule has 0 aliphatic carbocycles. The molecular formula is C13H18N3O2-. The van der Waals surface area contributed by atoms with Crippen LogP contribution in [0.4, 0.5) is 11.4 Å². The summed E-state index contributed by atoms with van der Waals surface area (Å²) >= 11 is 0. The lowest BCUT2D eigenvalue weighted by Crippen LogP contribution is -2.48. The van der Waals surface area contributed by atoms with Gasteiger partial charge in [0.25, 0.3) is 0 Å². The second-order valence-corrected chi connectivity index (χ2v) is 4.34. The fourth-order valence-electron chi connectivity index (χ4n) is 2.26. The van der Waals surface area contributed by atoms with E-state index in [9.17, 15) is 10.0 Å². The van der Waals surface area contributed by atoms with Gasteiger partial charge in [-0.3, -0.25) is 4.79 Å². The molecule has 0 atom stereocenters. The Morgan fingerprint density at radius 2 is 1.94 bits per heavy atom. The highest BCUT2D eigenvalue weighted by Crippen LogP contribution is 2.26. The van der Waals surface area contributed by atoms with Crippen molar-refractivity contribution in [2.45, 2.75) is 13.3 Å². The Bertz CT molecular complexity index is 414. The molecule has 2 rings (SSSR count). The number of anilines is 2. The molecule has 98 valence electrons. The summed E-state index contributed by atoms with van der Waals surface area (Å²) in [6.07, 6.45) is 0.554. The predicted octanol–water partition coefficient (Wildman–Crippen LogP) is 1.65. The lowest BCUT2D eigenvalue weighted by molar-refractivity contribution is -0.131. The first kappa shape index (κ1) is 12.7. The highest BCUT2D eigenvalue weighted by atomic mass is 16.5. The minimum absolute atomic E-state index is 0.199. The summed E-state index contributed by atoms with van der Waals surface area (Å²) in [5, 5.41) is 10.9. The Kier molecular flexibility index (Phi) is 4.04. The van der Waals surface area contributed by atoms with Crippen molar-refractivity contribution in [2.75, 3.05) is 36.6 Å². The van der Waals surface area contributed by atoms with Gasteiger partial charge in [0.05, 0.1) is 5.69 Å². The average Bonchev–Trinajstić information content (AvgIpc) is 2.46. The molecule has 5 heteroatoms. The number of benzene rings is 1. The van der Waals surface area contributed by atoms with Gasteiger partial charge in [-0.2, -0.15) is 0 Å². The maximum absolute atomic E-state index is 11.6. The third kappa shape index (κ3) is 2.56. The van der Waals surface area contributed by atoms with Gasteiger partial charge in [0.15, 0.2) is 0 Å². The molecule has 0 unspecified atom stereocenters. The summed E-state index contributed by atoms with van der Waals surface area (Å²) in [6, 6.07) is 7.45. The number of nitrogens with one attached hydrogen (secondary N) is 1. The molecule has 1 aromatic rings. The zero-order valence-electron chi connectivity index (χ0n) is 10.6. The third-order valence-electron chi connectivity index (χ3n) is 3.29. The molecule has 1 N–H and O–H groups in total. The van der Waals surface area contributed by atoms with Gasteiger partial charge in [0.2, 0.25) is 5.91 Å². The smallest absolute Gasteiger partial charge is 0.222 e. The molecule has 5 nitrogen and oxygen atoms in total. The highest BCUT2D eigenvalue weighted by molar-refractivity contribution is 5.76.